The summed E-state index contributed by atoms with van der Waals surface area (Å²) in [6.07, 6.45) is 9.55. The number of aliphatic hydroxyl groups is 2. The molecule has 25 heavy (non-hydrogen) atoms. The molecule has 0 bridgehead atoms. The van der Waals surface area contributed by atoms with E-state index in [-0.39, 0.29) is 18.1 Å². The second-order valence-corrected chi connectivity index (χ2v) is 10.0. The summed E-state index contributed by atoms with van der Waals surface area (Å²) in [7, 11) is 0. The van der Waals surface area contributed by atoms with Crippen molar-refractivity contribution < 1.29 is 10.2 Å². The topological polar surface area (TPSA) is 89.2 Å². The SMILES string of the molecule is C[C@]12CCC3C(CC[C@@H]4C[C@H](O)CC[C@]34C)C1CC[C@]2(O)CN=[N+]=[N-]. The predicted molar refractivity (Wildman–Crippen MR) is 96.7 cm³/mol. The van der Waals surface area contributed by atoms with Gasteiger partial charge in [-0.25, -0.2) is 0 Å². The Kier molecular flexibility index (Phi) is 4.14. The summed E-state index contributed by atoms with van der Waals surface area (Å²) in [6.45, 7) is 4.97. The van der Waals surface area contributed by atoms with Gasteiger partial charge in [-0.05, 0) is 97.8 Å². The van der Waals surface area contributed by atoms with Gasteiger partial charge in [-0.2, -0.15) is 0 Å². The lowest BCUT2D eigenvalue weighted by Gasteiger charge is -2.61. The number of azide groups is 1. The van der Waals surface area contributed by atoms with Crippen LogP contribution in [-0.4, -0.2) is 28.5 Å². The molecule has 5 nitrogen and oxygen atoms in total. The number of nitrogens with zero attached hydrogens (tertiary/aromatic N) is 3. The average Bonchev–Trinajstić information content (AvgIpc) is 2.85. The van der Waals surface area contributed by atoms with Gasteiger partial charge in [0.2, 0.25) is 0 Å². The van der Waals surface area contributed by atoms with Crippen molar-refractivity contribution in [2.24, 2.45) is 39.6 Å². The van der Waals surface area contributed by atoms with Crippen molar-refractivity contribution in [3.05, 3.63) is 10.4 Å². The zero-order chi connectivity index (χ0) is 17.9. The van der Waals surface area contributed by atoms with E-state index in [1.165, 1.54) is 19.3 Å². The van der Waals surface area contributed by atoms with Crippen LogP contribution in [0.3, 0.4) is 0 Å². The van der Waals surface area contributed by atoms with E-state index in [0.29, 0.717) is 23.2 Å². The molecule has 0 heterocycles. The van der Waals surface area contributed by atoms with E-state index in [9.17, 15) is 10.2 Å². The lowest BCUT2D eigenvalue weighted by Crippen LogP contribution is -2.57. The molecule has 8 atom stereocenters. The molecular weight excluding hydrogens is 314 g/mol. The molecular formula is C20H33N3O2. The highest BCUT2D eigenvalue weighted by Gasteiger charge is 2.64. The van der Waals surface area contributed by atoms with Gasteiger partial charge in [-0.1, -0.05) is 19.0 Å². The average molecular weight is 348 g/mol. The summed E-state index contributed by atoms with van der Waals surface area (Å²) >= 11 is 0. The van der Waals surface area contributed by atoms with Crippen LogP contribution in [0.1, 0.15) is 71.6 Å². The monoisotopic (exact) mass is 347 g/mol. The Morgan fingerprint density at radius 2 is 1.80 bits per heavy atom. The van der Waals surface area contributed by atoms with Crippen LogP contribution in [-0.2, 0) is 0 Å². The lowest BCUT2D eigenvalue weighted by atomic mass is 9.44. The molecule has 0 spiro atoms. The molecule has 4 aliphatic carbocycles. The summed E-state index contributed by atoms with van der Waals surface area (Å²) in [6, 6.07) is 0. The fourth-order valence-corrected chi connectivity index (χ4v) is 7.75. The number of fused-ring (bicyclic) bond motifs is 5. The molecule has 0 aliphatic heterocycles. The minimum absolute atomic E-state index is 0.0936. The number of rotatable bonds is 2. The van der Waals surface area contributed by atoms with Gasteiger partial charge in [0, 0.05) is 4.91 Å². The lowest BCUT2D eigenvalue weighted by molar-refractivity contribution is -0.155. The minimum Gasteiger partial charge on any atom is -0.393 e. The van der Waals surface area contributed by atoms with Crippen LogP contribution in [0.4, 0.5) is 0 Å². The third-order valence-corrected chi connectivity index (χ3v) is 9.36. The molecule has 3 unspecified atom stereocenters. The van der Waals surface area contributed by atoms with Crippen LogP contribution in [0.25, 0.3) is 10.4 Å². The van der Waals surface area contributed by atoms with Gasteiger partial charge < -0.3 is 10.2 Å². The van der Waals surface area contributed by atoms with Crippen molar-refractivity contribution >= 4 is 0 Å². The van der Waals surface area contributed by atoms with Crippen LogP contribution in [0.15, 0.2) is 5.11 Å². The molecule has 140 valence electrons. The molecule has 2 N–H and O–H groups in total. The normalized spacial score (nSPS) is 54.8. The van der Waals surface area contributed by atoms with Crippen LogP contribution in [0.2, 0.25) is 0 Å². The first-order valence-corrected chi connectivity index (χ1v) is 10.3. The third kappa shape index (κ3) is 2.39. The van der Waals surface area contributed by atoms with Crippen molar-refractivity contribution in [1.82, 2.24) is 0 Å². The summed E-state index contributed by atoms with van der Waals surface area (Å²) in [5.41, 5.74) is 8.15. The maximum absolute atomic E-state index is 11.3. The van der Waals surface area contributed by atoms with E-state index >= 15 is 0 Å². The van der Waals surface area contributed by atoms with Gasteiger partial charge in [-0.3, -0.25) is 0 Å². The summed E-state index contributed by atoms with van der Waals surface area (Å²) in [5, 5.41) is 25.2. The minimum atomic E-state index is -0.824. The van der Waals surface area contributed by atoms with Gasteiger partial charge in [0.15, 0.2) is 0 Å². The predicted octanol–water partition coefficient (Wildman–Crippen LogP) is 4.43. The fourth-order valence-electron chi connectivity index (χ4n) is 7.75. The highest BCUT2D eigenvalue weighted by Crippen LogP contribution is 2.68. The molecule has 0 radical (unpaired) electrons. The summed E-state index contributed by atoms with van der Waals surface area (Å²) in [4.78, 5) is 2.91. The van der Waals surface area contributed by atoms with Crippen LogP contribution < -0.4 is 0 Å². The van der Waals surface area contributed by atoms with E-state index in [0.717, 1.165) is 44.4 Å². The van der Waals surface area contributed by atoms with Crippen LogP contribution in [0, 0.1) is 34.5 Å². The number of hydrogen-bond acceptors (Lipinski definition) is 3. The molecule has 0 aromatic heterocycles. The van der Waals surface area contributed by atoms with Gasteiger partial charge in [0.05, 0.1) is 18.2 Å². The summed E-state index contributed by atoms with van der Waals surface area (Å²) in [5.74, 6) is 2.65. The highest BCUT2D eigenvalue weighted by atomic mass is 16.3. The van der Waals surface area contributed by atoms with Crippen molar-refractivity contribution in [3.63, 3.8) is 0 Å². The Morgan fingerprint density at radius 1 is 1.04 bits per heavy atom. The largest absolute Gasteiger partial charge is 0.393 e. The van der Waals surface area contributed by atoms with Gasteiger partial charge in [-0.15, -0.1) is 0 Å². The molecule has 0 aromatic rings. The van der Waals surface area contributed by atoms with Crippen LogP contribution in [0.5, 0.6) is 0 Å². The smallest absolute Gasteiger partial charge is 0.0760 e. The molecule has 4 rings (SSSR count). The highest BCUT2D eigenvalue weighted by molar-refractivity contribution is 5.14. The second-order valence-electron chi connectivity index (χ2n) is 10.0. The zero-order valence-corrected chi connectivity index (χ0v) is 15.7. The van der Waals surface area contributed by atoms with Crippen LogP contribution >= 0.6 is 0 Å². The van der Waals surface area contributed by atoms with Gasteiger partial charge in [0.1, 0.15) is 0 Å². The molecule has 4 aliphatic rings. The van der Waals surface area contributed by atoms with Gasteiger partial charge >= 0.3 is 0 Å². The van der Waals surface area contributed by atoms with Crippen molar-refractivity contribution in [3.8, 4) is 0 Å². The number of aliphatic hydroxyl groups excluding tert-OH is 1. The first-order chi connectivity index (χ1) is 11.8. The Balaban J connectivity index is 1.61. The standard InChI is InChI=1S/C20H33N3O2/c1-18-8-5-14(24)11-13(18)3-4-15-16(18)6-9-19(2)17(15)7-10-20(19,25)12-22-23-21/h13-17,24-25H,3-12H2,1-2H3/t13-,14-,15?,16?,17?,18+,19+,20+/m1/s1. The van der Waals surface area contributed by atoms with E-state index in [2.05, 4.69) is 23.9 Å². The Labute approximate surface area is 150 Å². The summed E-state index contributed by atoms with van der Waals surface area (Å²) < 4.78 is 0. The van der Waals surface area contributed by atoms with Crippen molar-refractivity contribution in [2.45, 2.75) is 83.3 Å². The first kappa shape index (κ1) is 17.6. The van der Waals surface area contributed by atoms with E-state index < -0.39 is 5.60 Å². The Morgan fingerprint density at radius 3 is 2.56 bits per heavy atom. The molecule has 0 aromatic carbocycles. The van der Waals surface area contributed by atoms with Crippen molar-refractivity contribution in [1.29, 1.82) is 0 Å². The fraction of sp³-hybridized carbons (Fsp3) is 1.00. The van der Waals surface area contributed by atoms with E-state index in [1.807, 2.05) is 0 Å². The van der Waals surface area contributed by atoms with E-state index in [4.69, 9.17) is 5.53 Å². The van der Waals surface area contributed by atoms with Crippen molar-refractivity contribution in [2.75, 3.05) is 6.54 Å². The van der Waals surface area contributed by atoms with Gasteiger partial charge in [0.25, 0.3) is 0 Å². The zero-order valence-electron chi connectivity index (χ0n) is 15.7. The molecule has 0 amide bonds. The molecule has 4 saturated carbocycles. The van der Waals surface area contributed by atoms with E-state index in [1.54, 1.807) is 0 Å². The maximum Gasteiger partial charge on any atom is 0.0760 e. The quantitative estimate of drug-likeness (QED) is 0.439. The molecule has 0 saturated heterocycles. The number of hydrogen-bond donors (Lipinski definition) is 2. The first-order valence-electron chi connectivity index (χ1n) is 10.3. The Bertz CT molecular complexity index is 591. The molecule has 5 heteroatoms. The third-order valence-electron chi connectivity index (χ3n) is 9.36. The molecule has 4 fully saturated rings. The Hall–Kier alpha value is -0.770. The second kappa shape index (κ2) is 5.87. The maximum atomic E-state index is 11.3.